The number of rotatable bonds is 6. The molecule has 0 atom stereocenters. The van der Waals surface area contributed by atoms with Gasteiger partial charge in [0.2, 0.25) is 5.91 Å². The second-order valence-corrected chi connectivity index (χ2v) is 7.35. The second-order valence-electron chi connectivity index (χ2n) is 4.80. The third-order valence-electron chi connectivity index (χ3n) is 3.12. The van der Waals surface area contributed by atoms with Crippen molar-refractivity contribution < 1.29 is 17.9 Å². The molecule has 1 amide bonds. The Balaban J connectivity index is 1.96. The lowest BCUT2D eigenvalue weighted by Gasteiger charge is -2.07. The fourth-order valence-corrected chi connectivity index (χ4v) is 3.35. The van der Waals surface area contributed by atoms with Crippen LogP contribution >= 0.6 is 11.6 Å². The average molecular weight is 354 g/mol. The number of carbonyl (C=O) groups excluding carboxylic acids is 1. The van der Waals surface area contributed by atoms with Gasteiger partial charge in [0, 0.05) is 17.1 Å². The minimum Gasteiger partial charge on any atom is -0.497 e. The van der Waals surface area contributed by atoms with Crippen LogP contribution in [-0.2, 0) is 14.6 Å². The van der Waals surface area contributed by atoms with E-state index in [9.17, 15) is 13.2 Å². The van der Waals surface area contributed by atoms with Crippen molar-refractivity contribution in [3.8, 4) is 5.75 Å². The number of halogens is 1. The number of hydrogen-bond donors (Lipinski definition) is 1. The van der Waals surface area contributed by atoms with Crippen LogP contribution < -0.4 is 10.1 Å². The Hall–Kier alpha value is -2.05. The van der Waals surface area contributed by atoms with Gasteiger partial charge < -0.3 is 10.1 Å². The highest BCUT2D eigenvalue weighted by atomic mass is 35.5. The molecule has 0 fully saturated rings. The van der Waals surface area contributed by atoms with Gasteiger partial charge in [-0.3, -0.25) is 4.79 Å². The van der Waals surface area contributed by atoms with E-state index in [4.69, 9.17) is 16.3 Å². The monoisotopic (exact) mass is 353 g/mol. The Morgan fingerprint density at radius 2 is 1.87 bits per heavy atom. The highest BCUT2D eigenvalue weighted by molar-refractivity contribution is 7.91. The topological polar surface area (TPSA) is 72.5 Å². The fraction of sp³-hybridized carbons (Fsp3) is 0.188. The summed E-state index contributed by atoms with van der Waals surface area (Å²) in [5.41, 5.74) is 0.532. The molecular weight excluding hydrogens is 338 g/mol. The van der Waals surface area contributed by atoms with Crippen molar-refractivity contribution in [3.63, 3.8) is 0 Å². The Morgan fingerprint density at radius 3 is 2.48 bits per heavy atom. The summed E-state index contributed by atoms with van der Waals surface area (Å²) in [6.07, 6.45) is -0.138. The molecule has 0 bridgehead atoms. The number of sulfone groups is 1. The number of amides is 1. The molecule has 122 valence electrons. The zero-order valence-corrected chi connectivity index (χ0v) is 14.0. The number of benzene rings is 2. The molecule has 2 aromatic rings. The number of hydrogen-bond acceptors (Lipinski definition) is 4. The third-order valence-corrected chi connectivity index (χ3v) is 5.09. The van der Waals surface area contributed by atoms with E-state index in [1.807, 2.05) is 0 Å². The summed E-state index contributed by atoms with van der Waals surface area (Å²) < 4.78 is 29.4. The van der Waals surface area contributed by atoms with Crippen molar-refractivity contribution >= 4 is 33.0 Å². The molecule has 0 saturated carbocycles. The maximum atomic E-state index is 12.2. The predicted molar refractivity (Wildman–Crippen MR) is 89.7 cm³/mol. The third kappa shape index (κ3) is 4.97. The van der Waals surface area contributed by atoms with E-state index in [0.29, 0.717) is 16.5 Å². The highest BCUT2D eigenvalue weighted by Gasteiger charge is 2.16. The highest BCUT2D eigenvalue weighted by Crippen LogP contribution is 2.18. The molecule has 2 aromatic carbocycles. The second kappa shape index (κ2) is 7.48. The van der Waals surface area contributed by atoms with Crippen molar-refractivity contribution in [2.45, 2.75) is 11.3 Å². The van der Waals surface area contributed by atoms with Crippen LogP contribution in [-0.4, -0.2) is 27.2 Å². The minimum atomic E-state index is -3.52. The van der Waals surface area contributed by atoms with Gasteiger partial charge in [-0.1, -0.05) is 17.7 Å². The van der Waals surface area contributed by atoms with E-state index < -0.39 is 9.84 Å². The molecule has 0 unspecified atom stereocenters. The van der Waals surface area contributed by atoms with Crippen LogP contribution in [0.4, 0.5) is 5.69 Å². The molecule has 0 aliphatic carbocycles. The summed E-state index contributed by atoms with van der Waals surface area (Å²) in [7, 11) is -2.02. The standard InChI is InChI=1S/C16H16ClNO4S/c1-22-14-5-7-15(8-6-14)23(20,21)10-9-16(19)18-13-4-2-3-12(17)11-13/h2-8,11H,9-10H2,1H3,(H,18,19). The summed E-state index contributed by atoms with van der Waals surface area (Å²) >= 11 is 5.83. The molecule has 0 aliphatic rings. The maximum Gasteiger partial charge on any atom is 0.225 e. The number of carbonyl (C=O) groups is 1. The van der Waals surface area contributed by atoms with E-state index >= 15 is 0 Å². The van der Waals surface area contributed by atoms with Crippen molar-refractivity contribution in [2.75, 3.05) is 18.2 Å². The molecular formula is C16H16ClNO4S. The summed E-state index contributed by atoms with van der Waals surface area (Å²) in [6.45, 7) is 0. The smallest absolute Gasteiger partial charge is 0.225 e. The van der Waals surface area contributed by atoms with Gasteiger partial charge in [-0.15, -0.1) is 0 Å². The van der Waals surface area contributed by atoms with Gasteiger partial charge in [-0.25, -0.2) is 8.42 Å². The summed E-state index contributed by atoms with van der Waals surface area (Å²) in [5.74, 6) is -0.0851. The van der Waals surface area contributed by atoms with Crippen molar-refractivity contribution in [1.82, 2.24) is 0 Å². The van der Waals surface area contributed by atoms with E-state index in [1.165, 1.54) is 19.2 Å². The van der Waals surface area contributed by atoms with E-state index in [2.05, 4.69) is 5.32 Å². The molecule has 1 N–H and O–H groups in total. The molecule has 2 rings (SSSR count). The van der Waals surface area contributed by atoms with Gasteiger partial charge in [-0.2, -0.15) is 0 Å². The van der Waals surface area contributed by atoms with E-state index in [0.717, 1.165) is 0 Å². The zero-order chi connectivity index (χ0) is 16.9. The van der Waals surface area contributed by atoms with E-state index in [1.54, 1.807) is 36.4 Å². The lowest BCUT2D eigenvalue weighted by Crippen LogP contribution is -2.17. The number of ether oxygens (including phenoxy) is 1. The van der Waals surface area contributed by atoms with Crippen LogP contribution in [0.2, 0.25) is 5.02 Å². The quantitative estimate of drug-likeness (QED) is 0.865. The summed E-state index contributed by atoms with van der Waals surface area (Å²) in [4.78, 5) is 12.0. The Labute approximate surface area is 140 Å². The maximum absolute atomic E-state index is 12.2. The van der Waals surface area contributed by atoms with Crippen molar-refractivity contribution in [2.24, 2.45) is 0 Å². The first-order valence-corrected chi connectivity index (χ1v) is 8.86. The van der Waals surface area contributed by atoms with Crippen LogP contribution in [0.5, 0.6) is 5.75 Å². The Bertz CT molecular complexity index is 788. The van der Waals surface area contributed by atoms with Crippen LogP contribution in [0.15, 0.2) is 53.4 Å². The number of methoxy groups -OCH3 is 1. The van der Waals surface area contributed by atoms with Gasteiger partial charge in [-0.05, 0) is 42.5 Å². The molecule has 0 saturated heterocycles. The predicted octanol–water partition coefficient (Wildman–Crippen LogP) is 3.15. The van der Waals surface area contributed by atoms with Crippen LogP contribution in [0.1, 0.15) is 6.42 Å². The van der Waals surface area contributed by atoms with Gasteiger partial charge >= 0.3 is 0 Å². The molecule has 0 aliphatic heterocycles. The van der Waals surface area contributed by atoms with E-state index in [-0.39, 0.29) is 23.0 Å². The van der Waals surface area contributed by atoms with Crippen LogP contribution in [0, 0.1) is 0 Å². The minimum absolute atomic E-state index is 0.138. The van der Waals surface area contributed by atoms with Crippen LogP contribution in [0.25, 0.3) is 0 Å². The van der Waals surface area contributed by atoms with Gasteiger partial charge in [0.05, 0.1) is 17.8 Å². The van der Waals surface area contributed by atoms with Gasteiger partial charge in [0.1, 0.15) is 5.75 Å². The Kier molecular flexibility index (Phi) is 5.63. The largest absolute Gasteiger partial charge is 0.497 e. The molecule has 23 heavy (non-hydrogen) atoms. The number of nitrogens with one attached hydrogen (secondary N) is 1. The lowest BCUT2D eigenvalue weighted by atomic mass is 10.3. The zero-order valence-electron chi connectivity index (χ0n) is 12.5. The first-order chi connectivity index (χ1) is 10.9. The molecule has 5 nitrogen and oxygen atoms in total. The normalized spacial score (nSPS) is 11.0. The van der Waals surface area contributed by atoms with Gasteiger partial charge in [0.15, 0.2) is 9.84 Å². The molecule has 0 heterocycles. The molecule has 7 heteroatoms. The van der Waals surface area contributed by atoms with Crippen LogP contribution in [0.3, 0.4) is 0 Å². The lowest BCUT2D eigenvalue weighted by molar-refractivity contribution is -0.115. The first kappa shape index (κ1) is 17.3. The SMILES string of the molecule is COc1ccc(S(=O)(=O)CCC(=O)Nc2cccc(Cl)c2)cc1. The first-order valence-electron chi connectivity index (χ1n) is 6.83. The summed E-state index contributed by atoms with van der Waals surface area (Å²) in [6, 6.07) is 12.7. The average Bonchev–Trinajstić information content (AvgIpc) is 2.53. The fourth-order valence-electron chi connectivity index (χ4n) is 1.92. The molecule has 0 radical (unpaired) electrons. The molecule has 0 spiro atoms. The number of anilines is 1. The Morgan fingerprint density at radius 1 is 1.17 bits per heavy atom. The van der Waals surface area contributed by atoms with Gasteiger partial charge in [0.25, 0.3) is 0 Å². The van der Waals surface area contributed by atoms with Crippen molar-refractivity contribution in [1.29, 1.82) is 0 Å². The summed E-state index contributed by atoms with van der Waals surface area (Å²) in [5, 5.41) is 3.11. The van der Waals surface area contributed by atoms with Crippen molar-refractivity contribution in [3.05, 3.63) is 53.6 Å². The molecule has 0 aromatic heterocycles.